The number of carbonyl (C=O) groups is 1. The summed E-state index contributed by atoms with van der Waals surface area (Å²) in [6, 6.07) is 8.88. The van der Waals surface area contributed by atoms with E-state index in [0.29, 0.717) is 6.42 Å². The molecule has 11 heteroatoms. The number of aliphatic hydroxyl groups is 1. The summed E-state index contributed by atoms with van der Waals surface area (Å²) in [6.07, 6.45) is -0.196. The number of aryl methyl sites for hydroxylation is 2. The number of aliphatic imine (C=N–C) groups is 1. The molecule has 0 radical (unpaired) electrons. The van der Waals surface area contributed by atoms with Gasteiger partial charge in [0.15, 0.2) is 0 Å². The van der Waals surface area contributed by atoms with Crippen LogP contribution in [0.15, 0.2) is 41.4 Å². The fraction of sp³-hybridized carbons (Fsp3) is 0.440. The van der Waals surface area contributed by atoms with E-state index in [1.165, 1.54) is 10.4 Å². The van der Waals surface area contributed by atoms with Gasteiger partial charge in [-0.2, -0.15) is 0 Å². The normalized spacial score (nSPS) is 19.0. The summed E-state index contributed by atoms with van der Waals surface area (Å²) in [7, 11) is -0.0721. The van der Waals surface area contributed by atoms with Gasteiger partial charge in [-0.3, -0.25) is 14.7 Å². The van der Waals surface area contributed by atoms with E-state index < -0.39 is 44.9 Å². The van der Waals surface area contributed by atoms with Gasteiger partial charge in [-0.05, 0) is 69.1 Å². The molecule has 2 aliphatic heterocycles. The van der Waals surface area contributed by atoms with Gasteiger partial charge in [0.2, 0.25) is 10.0 Å². The molecule has 0 saturated carbocycles. The van der Waals surface area contributed by atoms with E-state index >= 15 is 0 Å². The van der Waals surface area contributed by atoms with E-state index in [2.05, 4.69) is 10.3 Å². The summed E-state index contributed by atoms with van der Waals surface area (Å²) in [5, 5.41) is 12.7. The van der Waals surface area contributed by atoms with Crippen LogP contribution in [0.1, 0.15) is 41.3 Å². The Morgan fingerprint density at radius 2 is 1.81 bits per heavy atom. The number of hydrogen-bond acceptors (Lipinski definition) is 6. The average Bonchev–Trinajstić information content (AvgIpc) is 3.12. The van der Waals surface area contributed by atoms with Gasteiger partial charge in [-0.25, -0.2) is 21.5 Å². The van der Waals surface area contributed by atoms with Gasteiger partial charge in [0, 0.05) is 13.1 Å². The van der Waals surface area contributed by atoms with Crippen LogP contribution in [0, 0.1) is 18.6 Å². The zero-order chi connectivity index (χ0) is 26.3. The molecule has 1 atom stereocenters. The molecule has 2 heterocycles. The fourth-order valence-corrected chi connectivity index (χ4v) is 6.13. The minimum Gasteiger partial charge on any atom is -0.374 e. The lowest BCUT2D eigenvalue weighted by Crippen LogP contribution is -2.50. The Morgan fingerprint density at radius 1 is 1.17 bits per heavy atom. The SMILES string of the molecule is Cc1cc(C(O)N(C)C)ccc1CCS(=O)(=O)N1CCC2(CC1)N=C(c1c(F)cccc1F)NC2=O. The maximum atomic E-state index is 14.2. The quantitative estimate of drug-likeness (QED) is 0.545. The minimum absolute atomic E-state index is 0.0826. The van der Waals surface area contributed by atoms with E-state index in [1.807, 2.05) is 19.1 Å². The van der Waals surface area contributed by atoms with Crippen LogP contribution in [0.2, 0.25) is 0 Å². The zero-order valence-corrected chi connectivity index (χ0v) is 21.3. The molecule has 0 aliphatic carbocycles. The summed E-state index contributed by atoms with van der Waals surface area (Å²) >= 11 is 0. The van der Waals surface area contributed by atoms with Crippen molar-refractivity contribution >= 4 is 21.8 Å². The molecular weight excluding hydrogens is 490 g/mol. The van der Waals surface area contributed by atoms with Gasteiger partial charge >= 0.3 is 0 Å². The number of nitrogens with zero attached hydrogens (tertiary/aromatic N) is 3. The molecule has 0 bridgehead atoms. The Hall–Kier alpha value is -2.73. The van der Waals surface area contributed by atoms with Crippen LogP contribution in [-0.2, 0) is 21.2 Å². The number of nitrogens with one attached hydrogen (secondary N) is 1. The number of hydrogen-bond donors (Lipinski definition) is 2. The van der Waals surface area contributed by atoms with E-state index in [9.17, 15) is 27.1 Å². The summed E-state index contributed by atoms with van der Waals surface area (Å²) in [4.78, 5) is 18.7. The smallest absolute Gasteiger partial charge is 0.253 e. The lowest BCUT2D eigenvalue weighted by molar-refractivity contribution is -0.124. The first-order valence-corrected chi connectivity index (χ1v) is 13.3. The van der Waals surface area contributed by atoms with E-state index in [1.54, 1.807) is 25.1 Å². The highest BCUT2D eigenvalue weighted by Gasteiger charge is 2.48. The second kappa shape index (κ2) is 9.97. The Bertz CT molecular complexity index is 1280. The predicted octanol–water partition coefficient (Wildman–Crippen LogP) is 2.11. The summed E-state index contributed by atoms with van der Waals surface area (Å²) < 4.78 is 55.8. The van der Waals surface area contributed by atoms with Crippen molar-refractivity contribution < 1.29 is 27.1 Å². The van der Waals surface area contributed by atoms with E-state index in [-0.39, 0.29) is 37.5 Å². The maximum Gasteiger partial charge on any atom is 0.253 e. The molecular formula is C25H30F2N4O4S. The number of piperidine rings is 1. The summed E-state index contributed by atoms with van der Waals surface area (Å²) in [6.45, 7) is 2.05. The molecule has 2 aromatic rings. The zero-order valence-electron chi connectivity index (χ0n) is 20.5. The van der Waals surface area contributed by atoms with Crippen LogP contribution in [0.5, 0.6) is 0 Å². The van der Waals surface area contributed by atoms with Crippen molar-refractivity contribution in [3.8, 4) is 0 Å². The van der Waals surface area contributed by atoms with Gasteiger partial charge in [0.05, 0.1) is 11.3 Å². The molecule has 2 aromatic carbocycles. The lowest BCUT2D eigenvalue weighted by Gasteiger charge is -2.34. The number of halogens is 2. The monoisotopic (exact) mass is 520 g/mol. The van der Waals surface area contributed by atoms with Crippen molar-refractivity contribution in [2.45, 2.75) is 38.0 Å². The summed E-state index contributed by atoms with van der Waals surface area (Å²) in [5.41, 5.74) is 0.868. The standard InChI is InChI=1S/C25H30F2N4O4S/c1-16-15-18(23(32)30(2)3)8-7-17(16)9-14-36(34,35)31-12-10-25(11-13-31)24(33)28-22(29-25)21-19(26)5-4-6-20(21)27/h4-8,15,23,32H,9-14H2,1-3H3,(H,28,29,33). The third kappa shape index (κ3) is 5.06. The number of aliphatic hydroxyl groups excluding tert-OH is 1. The number of carbonyl (C=O) groups excluding carboxylic acids is 1. The second-order valence-corrected chi connectivity index (χ2v) is 11.6. The third-order valence-corrected chi connectivity index (χ3v) is 8.78. The van der Waals surface area contributed by atoms with Crippen LogP contribution in [-0.4, -0.2) is 72.9 Å². The number of benzene rings is 2. The molecule has 1 spiro atoms. The number of rotatable bonds is 7. The number of sulfonamides is 1. The molecule has 0 aromatic heterocycles. The Balaban J connectivity index is 1.42. The Kier molecular flexibility index (Phi) is 7.29. The fourth-order valence-electron chi connectivity index (χ4n) is 4.66. The molecule has 36 heavy (non-hydrogen) atoms. The molecule has 8 nitrogen and oxygen atoms in total. The van der Waals surface area contributed by atoms with Crippen molar-refractivity contribution in [3.05, 3.63) is 70.3 Å². The molecule has 1 amide bonds. The van der Waals surface area contributed by atoms with Gasteiger partial charge in [0.25, 0.3) is 5.91 Å². The summed E-state index contributed by atoms with van der Waals surface area (Å²) in [5.74, 6) is -2.40. The first-order chi connectivity index (χ1) is 16.9. The molecule has 2 N–H and O–H groups in total. The highest BCUT2D eigenvalue weighted by Crippen LogP contribution is 2.33. The second-order valence-electron chi connectivity index (χ2n) is 9.53. The van der Waals surface area contributed by atoms with Crippen molar-refractivity contribution in [2.75, 3.05) is 32.9 Å². The maximum absolute atomic E-state index is 14.2. The van der Waals surface area contributed by atoms with Gasteiger partial charge < -0.3 is 10.4 Å². The van der Waals surface area contributed by atoms with Gasteiger partial charge in [-0.15, -0.1) is 0 Å². The first-order valence-electron chi connectivity index (χ1n) is 11.7. The molecule has 1 fully saturated rings. The lowest BCUT2D eigenvalue weighted by atomic mass is 9.89. The van der Waals surface area contributed by atoms with Crippen LogP contribution in [0.4, 0.5) is 8.78 Å². The van der Waals surface area contributed by atoms with Crippen LogP contribution < -0.4 is 5.32 Å². The topological polar surface area (TPSA) is 102 Å². The van der Waals surface area contributed by atoms with Gasteiger partial charge in [-0.1, -0.05) is 24.3 Å². The number of amides is 1. The first kappa shape index (κ1) is 26.3. The van der Waals surface area contributed by atoms with Gasteiger partial charge in [0.1, 0.15) is 29.2 Å². The highest BCUT2D eigenvalue weighted by atomic mass is 32.2. The van der Waals surface area contributed by atoms with E-state index in [0.717, 1.165) is 28.8 Å². The molecule has 1 unspecified atom stereocenters. The third-order valence-electron chi connectivity index (χ3n) is 6.91. The Morgan fingerprint density at radius 3 is 2.39 bits per heavy atom. The van der Waals surface area contributed by atoms with Crippen molar-refractivity contribution in [1.82, 2.24) is 14.5 Å². The van der Waals surface area contributed by atoms with Crippen LogP contribution >= 0.6 is 0 Å². The van der Waals surface area contributed by atoms with Crippen molar-refractivity contribution in [2.24, 2.45) is 4.99 Å². The number of amidine groups is 1. The molecule has 194 valence electrons. The average molecular weight is 521 g/mol. The predicted molar refractivity (Wildman–Crippen MR) is 132 cm³/mol. The van der Waals surface area contributed by atoms with Crippen molar-refractivity contribution in [1.29, 1.82) is 0 Å². The van der Waals surface area contributed by atoms with E-state index in [4.69, 9.17) is 0 Å². The molecule has 2 aliphatic rings. The molecule has 1 saturated heterocycles. The molecule has 4 rings (SSSR count). The largest absolute Gasteiger partial charge is 0.374 e. The van der Waals surface area contributed by atoms with Crippen LogP contribution in [0.25, 0.3) is 0 Å². The van der Waals surface area contributed by atoms with Crippen LogP contribution in [0.3, 0.4) is 0 Å². The van der Waals surface area contributed by atoms with Crippen molar-refractivity contribution in [3.63, 3.8) is 0 Å². The Labute approximate surface area is 209 Å². The highest BCUT2D eigenvalue weighted by molar-refractivity contribution is 7.89. The minimum atomic E-state index is -3.61.